The van der Waals surface area contributed by atoms with Crippen LogP contribution in [-0.4, -0.2) is 9.55 Å². The van der Waals surface area contributed by atoms with Gasteiger partial charge in [-0.3, -0.25) is 0 Å². The van der Waals surface area contributed by atoms with E-state index in [2.05, 4.69) is 30.3 Å². The Morgan fingerprint density at radius 3 is 2.50 bits per heavy atom. The average molecular weight is 166 g/mol. The fourth-order valence-corrected chi connectivity index (χ4v) is 1.10. The Labute approximate surface area is 74.6 Å². The smallest absolute Gasteiger partial charge is 0.105 e. The van der Waals surface area contributed by atoms with Crippen molar-refractivity contribution in [3.63, 3.8) is 0 Å². The molecule has 68 valence electrons. The molecule has 0 radical (unpaired) electrons. The number of rotatable bonds is 2. The molecule has 0 atom stereocenters. The topological polar surface area (TPSA) is 17.8 Å². The minimum absolute atomic E-state index is 0.413. The van der Waals surface area contributed by atoms with Crippen molar-refractivity contribution in [1.82, 2.24) is 9.55 Å². The Hall–Kier alpha value is -0.790. The van der Waals surface area contributed by atoms with Gasteiger partial charge < -0.3 is 4.57 Å². The maximum Gasteiger partial charge on any atom is 0.105 e. The molecule has 1 aromatic heterocycles. The number of hydrogen-bond donors (Lipinski definition) is 0. The number of hydrogen-bond acceptors (Lipinski definition) is 1. The van der Waals surface area contributed by atoms with Crippen LogP contribution in [0.3, 0.4) is 0 Å². The first-order valence-corrected chi connectivity index (χ1v) is 4.47. The van der Waals surface area contributed by atoms with Gasteiger partial charge in [0.15, 0.2) is 0 Å². The molecule has 0 unspecified atom stereocenters. The zero-order valence-corrected chi connectivity index (χ0v) is 8.46. The minimum atomic E-state index is 0.413. The fourth-order valence-electron chi connectivity index (χ4n) is 1.10. The largest absolute Gasteiger partial charge is 0.335 e. The molecule has 2 heteroatoms. The van der Waals surface area contributed by atoms with Crippen LogP contribution in [0.2, 0.25) is 0 Å². The molecule has 1 rings (SSSR count). The molecule has 0 N–H and O–H groups in total. The normalized spacial score (nSPS) is 12.0. The van der Waals surface area contributed by atoms with Crippen LogP contribution >= 0.6 is 0 Å². The number of aromatic nitrogens is 2. The second kappa shape index (κ2) is 3.30. The van der Waals surface area contributed by atoms with Crippen LogP contribution in [0.25, 0.3) is 0 Å². The molecule has 12 heavy (non-hydrogen) atoms. The first-order valence-electron chi connectivity index (χ1n) is 4.47. The average Bonchev–Trinajstić information content (AvgIpc) is 2.29. The maximum atomic E-state index is 4.18. The maximum absolute atomic E-state index is 4.18. The van der Waals surface area contributed by atoms with Gasteiger partial charge in [0, 0.05) is 18.9 Å². The molecule has 0 aliphatic carbocycles. The van der Waals surface area contributed by atoms with Crippen LogP contribution in [0.5, 0.6) is 0 Å². The molecule has 0 aliphatic heterocycles. The van der Waals surface area contributed by atoms with Gasteiger partial charge in [-0.05, 0) is 18.8 Å². The highest BCUT2D eigenvalue weighted by atomic mass is 15.0. The third-order valence-corrected chi connectivity index (χ3v) is 2.03. The molecule has 0 saturated heterocycles. The lowest BCUT2D eigenvalue weighted by Crippen LogP contribution is -2.10. The summed E-state index contributed by atoms with van der Waals surface area (Å²) in [6.07, 6.45) is 5.10. The zero-order valence-electron chi connectivity index (χ0n) is 8.46. The predicted octanol–water partition coefficient (Wildman–Crippen LogP) is 2.63. The summed E-state index contributed by atoms with van der Waals surface area (Å²) < 4.78 is 2.20. The molecule has 0 spiro atoms. The Kier molecular flexibility index (Phi) is 2.55. The predicted molar refractivity (Wildman–Crippen MR) is 51.0 cm³/mol. The van der Waals surface area contributed by atoms with E-state index >= 15 is 0 Å². The summed E-state index contributed by atoms with van der Waals surface area (Å²) in [4.78, 5) is 4.18. The van der Waals surface area contributed by atoms with E-state index in [1.165, 1.54) is 6.42 Å². The van der Waals surface area contributed by atoms with Crippen molar-refractivity contribution in [2.45, 2.75) is 40.7 Å². The van der Waals surface area contributed by atoms with Crippen molar-refractivity contribution in [2.24, 2.45) is 5.41 Å². The van der Waals surface area contributed by atoms with Gasteiger partial charge >= 0.3 is 0 Å². The zero-order chi connectivity index (χ0) is 9.19. The van der Waals surface area contributed by atoms with Crippen LogP contribution in [-0.2, 0) is 6.54 Å². The molecular formula is C10H18N2. The lowest BCUT2D eigenvalue weighted by molar-refractivity contribution is 0.348. The van der Waals surface area contributed by atoms with E-state index in [0.717, 1.165) is 12.4 Å². The molecule has 0 fully saturated rings. The molecule has 0 aromatic carbocycles. The van der Waals surface area contributed by atoms with Gasteiger partial charge in [-0.25, -0.2) is 4.98 Å². The van der Waals surface area contributed by atoms with Gasteiger partial charge in [0.1, 0.15) is 5.82 Å². The van der Waals surface area contributed by atoms with Gasteiger partial charge in [-0.1, -0.05) is 20.8 Å². The van der Waals surface area contributed by atoms with E-state index in [4.69, 9.17) is 0 Å². The lowest BCUT2D eigenvalue weighted by Gasteiger charge is -2.18. The fraction of sp³-hybridized carbons (Fsp3) is 0.700. The van der Waals surface area contributed by atoms with Gasteiger partial charge in [0.25, 0.3) is 0 Å². The summed E-state index contributed by atoms with van der Waals surface area (Å²) in [5.41, 5.74) is 0.413. The Bertz CT molecular complexity index is 243. The third kappa shape index (κ3) is 2.68. The van der Waals surface area contributed by atoms with Gasteiger partial charge in [0.2, 0.25) is 0 Å². The quantitative estimate of drug-likeness (QED) is 0.660. The number of aryl methyl sites for hydroxylation is 2. The summed E-state index contributed by atoms with van der Waals surface area (Å²) in [5.74, 6) is 1.11. The highest BCUT2D eigenvalue weighted by molar-refractivity contribution is 4.88. The van der Waals surface area contributed by atoms with Crippen molar-refractivity contribution in [3.05, 3.63) is 18.2 Å². The second-order valence-corrected chi connectivity index (χ2v) is 4.48. The summed E-state index contributed by atoms with van der Waals surface area (Å²) in [5, 5.41) is 0. The Morgan fingerprint density at radius 2 is 2.08 bits per heavy atom. The summed E-state index contributed by atoms with van der Waals surface area (Å²) in [6.45, 7) is 9.91. The first kappa shape index (κ1) is 9.30. The molecule has 0 saturated carbocycles. The van der Waals surface area contributed by atoms with Crippen LogP contribution in [0.15, 0.2) is 12.4 Å². The molecule has 1 aromatic rings. The number of nitrogens with zero attached hydrogens (tertiary/aromatic N) is 2. The summed E-state index contributed by atoms with van der Waals surface area (Å²) in [6, 6.07) is 0. The van der Waals surface area contributed by atoms with Crippen molar-refractivity contribution in [1.29, 1.82) is 0 Å². The lowest BCUT2D eigenvalue weighted by atomic mass is 9.92. The monoisotopic (exact) mass is 166 g/mol. The molecule has 0 aliphatic rings. The van der Waals surface area contributed by atoms with E-state index in [1.807, 2.05) is 19.3 Å². The van der Waals surface area contributed by atoms with Gasteiger partial charge in [-0.15, -0.1) is 0 Å². The van der Waals surface area contributed by atoms with Crippen LogP contribution < -0.4 is 0 Å². The van der Waals surface area contributed by atoms with Gasteiger partial charge in [0.05, 0.1) is 0 Å². The molecule has 2 nitrogen and oxygen atoms in total. The Morgan fingerprint density at radius 1 is 1.42 bits per heavy atom. The SMILES string of the molecule is Cc1nccn1CCC(C)(C)C. The third-order valence-electron chi connectivity index (χ3n) is 2.03. The highest BCUT2D eigenvalue weighted by Gasteiger charge is 2.10. The highest BCUT2D eigenvalue weighted by Crippen LogP contribution is 2.19. The van der Waals surface area contributed by atoms with Crippen LogP contribution in [0.1, 0.15) is 33.0 Å². The van der Waals surface area contributed by atoms with Crippen molar-refractivity contribution < 1.29 is 0 Å². The summed E-state index contributed by atoms with van der Waals surface area (Å²) >= 11 is 0. The summed E-state index contributed by atoms with van der Waals surface area (Å²) in [7, 11) is 0. The molecule has 0 amide bonds. The molecular weight excluding hydrogens is 148 g/mol. The van der Waals surface area contributed by atoms with E-state index in [0.29, 0.717) is 5.41 Å². The van der Waals surface area contributed by atoms with Crippen molar-refractivity contribution >= 4 is 0 Å². The second-order valence-electron chi connectivity index (χ2n) is 4.48. The Balaban J connectivity index is 2.49. The van der Waals surface area contributed by atoms with E-state index in [1.54, 1.807) is 0 Å². The van der Waals surface area contributed by atoms with Crippen LogP contribution in [0.4, 0.5) is 0 Å². The van der Waals surface area contributed by atoms with Crippen molar-refractivity contribution in [2.75, 3.05) is 0 Å². The molecule has 1 heterocycles. The van der Waals surface area contributed by atoms with E-state index in [-0.39, 0.29) is 0 Å². The van der Waals surface area contributed by atoms with E-state index in [9.17, 15) is 0 Å². The van der Waals surface area contributed by atoms with E-state index < -0.39 is 0 Å². The van der Waals surface area contributed by atoms with Crippen molar-refractivity contribution in [3.8, 4) is 0 Å². The number of imidazole rings is 1. The first-order chi connectivity index (χ1) is 5.49. The standard InChI is InChI=1S/C10H18N2/c1-9-11-6-8-12(9)7-5-10(2,3)4/h6,8H,5,7H2,1-4H3. The van der Waals surface area contributed by atoms with Crippen LogP contribution in [0, 0.1) is 12.3 Å². The molecule has 0 bridgehead atoms. The van der Waals surface area contributed by atoms with Gasteiger partial charge in [-0.2, -0.15) is 0 Å². The minimum Gasteiger partial charge on any atom is -0.335 e.